The number of hydrogen-bond donors (Lipinski definition) is 0. The molecule has 5 heteroatoms. The van der Waals surface area contributed by atoms with Crippen LogP contribution in [0.2, 0.25) is 0 Å². The van der Waals surface area contributed by atoms with Crippen molar-refractivity contribution in [2.24, 2.45) is 0 Å². The van der Waals surface area contributed by atoms with Gasteiger partial charge in [0.1, 0.15) is 5.60 Å². The van der Waals surface area contributed by atoms with Crippen molar-refractivity contribution in [2.45, 2.75) is 65.3 Å². The normalized spacial score (nSPS) is 15.0. The first-order valence-electron chi connectivity index (χ1n) is 6.84. The monoisotopic (exact) mass is 288 g/mol. The Kier molecular flexibility index (Phi) is 7.55. The van der Waals surface area contributed by atoms with E-state index in [0.29, 0.717) is 29.1 Å². The molecule has 0 saturated heterocycles. The molecule has 4 nitrogen and oxygen atoms in total. The Balaban J connectivity index is 5.29. The van der Waals surface area contributed by atoms with Crippen molar-refractivity contribution in [1.82, 2.24) is 0 Å². The van der Waals surface area contributed by atoms with Gasteiger partial charge in [-0.1, -0.05) is 19.9 Å². The molecule has 0 aliphatic carbocycles. The van der Waals surface area contributed by atoms with Gasteiger partial charge in [0.15, 0.2) is 10.5 Å². The van der Waals surface area contributed by atoms with Crippen LogP contribution in [0.5, 0.6) is 0 Å². The Labute approximate surface area is 120 Å². The van der Waals surface area contributed by atoms with Crippen LogP contribution < -0.4 is 0 Å². The summed E-state index contributed by atoms with van der Waals surface area (Å²) in [5.41, 5.74) is -0.323. The molecule has 0 rings (SSSR count). The number of carbonyl (C=O) groups excluding carboxylic acids is 1. The van der Waals surface area contributed by atoms with Gasteiger partial charge in [0.2, 0.25) is 5.79 Å². The zero-order chi connectivity index (χ0) is 15.1. The Morgan fingerprint density at radius 1 is 1.32 bits per heavy atom. The summed E-state index contributed by atoms with van der Waals surface area (Å²) in [6, 6.07) is 0. The second-order valence-corrected chi connectivity index (χ2v) is 5.58. The van der Waals surface area contributed by atoms with E-state index in [1.807, 2.05) is 20.8 Å². The van der Waals surface area contributed by atoms with Crippen molar-refractivity contribution in [2.75, 3.05) is 6.61 Å². The molecule has 0 aromatic rings. The van der Waals surface area contributed by atoms with Crippen molar-refractivity contribution in [1.29, 1.82) is 0 Å². The molecule has 1 atom stereocenters. The lowest BCUT2D eigenvalue weighted by Crippen LogP contribution is -2.56. The summed E-state index contributed by atoms with van der Waals surface area (Å²) in [6.07, 6.45) is 2.53. The number of carbonyl (C=O) groups is 1. The Morgan fingerprint density at radius 3 is 2.26 bits per heavy atom. The van der Waals surface area contributed by atoms with Crippen LogP contribution in [0.3, 0.4) is 0 Å². The van der Waals surface area contributed by atoms with Crippen molar-refractivity contribution in [3.05, 3.63) is 12.2 Å². The van der Waals surface area contributed by atoms with Crippen LogP contribution in [0.25, 0.3) is 0 Å². The standard InChI is InChI=1S/C14H28O4Si/c1-7-9-10-14(18-19,13(5,6)16-8-2)17-12(15)11(3)4/h3,7-10H2,1-2,4-6,19H3. The van der Waals surface area contributed by atoms with Gasteiger partial charge in [-0.25, -0.2) is 4.79 Å². The topological polar surface area (TPSA) is 44.8 Å². The van der Waals surface area contributed by atoms with Crippen molar-refractivity contribution in [3.8, 4) is 0 Å². The zero-order valence-corrected chi connectivity index (χ0v) is 15.2. The van der Waals surface area contributed by atoms with Crippen molar-refractivity contribution in [3.63, 3.8) is 0 Å². The third-order valence-electron chi connectivity index (χ3n) is 3.22. The molecule has 0 saturated carbocycles. The summed E-state index contributed by atoms with van der Waals surface area (Å²) in [6.45, 7) is 13.6. The molecule has 0 N–H and O–H groups in total. The fraction of sp³-hybridized carbons (Fsp3) is 0.786. The summed E-state index contributed by atoms with van der Waals surface area (Å²) in [4.78, 5) is 11.9. The summed E-state index contributed by atoms with van der Waals surface area (Å²) in [5, 5.41) is 0. The minimum absolute atomic E-state index is 0.367. The van der Waals surface area contributed by atoms with Gasteiger partial charge in [-0.05, 0) is 34.1 Å². The predicted molar refractivity (Wildman–Crippen MR) is 79.9 cm³/mol. The summed E-state index contributed by atoms with van der Waals surface area (Å²) >= 11 is 0. The molecule has 0 aliphatic heterocycles. The van der Waals surface area contributed by atoms with Crippen LogP contribution in [-0.2, 0) is 18.7 Å². The first kappa shape index (κ1) is 18.3. The molecule has 0 amide bonds. The van der Waals surface area contributed by atoms with Gasteiger partial charge >= 0.3 is 5.97 Å². The lowest BCUT2D eigenvalue weighted by atomic mass is 9.91. The molecule has 0 spiro atoms. The van der Waals surface area contributed by atoms with Gasteiger partial charge in [-0.3, -0.25) is 0 Å². The van der Waals surface area contributed by atoms with E-state index in [4.69, 9.17) is 13.9 Å². The molecule has 0 aromatic carbocycles. The minimum Gasteiger partial charge on any atom is -0.428 e. The Hall–Kier alpha value is -0.653. The summed E-state index contributed by atoms with van der Waals surface area (Å²) in [5.74, 6) is -1.46. The smallest absolute Gasteiger partial charge is 0.335 e. The van der Waals surface area contributed by atoms with Crippen LogP contribution in [0.15, 0.2) is 12.2 Å². The highest BCUT2D eigenvalue weighted by Crippen LogP contribution is 2.35. The van der Waals surface area contributed by atoms with E-state index in [1.54, 1.807) is 6.92 Å². The van der Waals surface area contributed by atoms with E-state index >= 15 is 0 Å². The fourth-order valence-electron chi connectivity index (χ4n) is 1.98. The van der Waals surface area contributed by atoms with Crippen molar-refractivity contribution >= 4 is 16.5 Å². The van der Waals surface area contributed by atoms with Crippen LogP contribution in [0.1, 0.15) is 53.9 Å². The number of rotatable bonds is 9. The largest absolute Gasteiger partial charge is 0.428 e. The van der Waals surface area contributed by atoms with E-state index in [-0.39, 0.29) is 0 Å². The number of unbranched alkanes of at least 4 members (excludes halogenated alkanes) is 1. The van der Waals surface area contributed by atoms with E-state index in [0.717, 1.165) is 12.8 Å². The lowest BCUT2D eigenvalue weighted by Gasteiger charge is -2.44. The molecule has 0 radical (unpaired) electrons. The quantitative estimate of drug-likeness (QED) is 0.282. The van der Waals surface area contributed by atoms with Gasteiger partial charge in [-0.15, -0.1) is 0 Å². The molecule has 0 fully saturated rings. The first-order chi connectivity index (χ1) is 8.76. The number of ether oxygens (including phenoxy) is 2. The maximum atomic E-state index is 11.9. The number of esters is 1. The molecular formula is C14H28O4Si. The molecule has 0 aliphatic rings. The molecule has 19 heavy (non-hydrogen) atoms. The average Bonchev–Trinajstić information content (AvgIpc) is 2.33. The fourth-order valence-corrected chi connectivity index (χ4v) is 2.76. The Morgan fingerprint density at radius 2 is 1.89 bits per heavy atom. The van der Waals surface area contributed by atoms with Gasteiger partial charge in [0, 0.05) is 18.6 Å². The highest BCUT2D eigenvalue weighted by atomic mass is 28.2. The van der Waals surface area contributed by atoms with E-state index in [9.17, 15) is 4.79 Å². The molecule has 112 valence electrons. The highest BCUT2D eigenvalue weighted by molar-refractivity contribution is 5.98. The third kappa shape index (κ3) is 4.74. The first-order valence-corrected chi connectivity index (χ1v) is 7.66. The Bertz CT molecular complexity index is 315. The highest BCUT2D eigenvalue weighted by Gasteiger charge is 2.49. The van der Waals surface area contributed by atoms with Gasteiger partial charge in [0.25, 0.3) is 0 Å². The predicted octanol–water partition coefficient (Wildman–Crippen LogP) is 2.10. The van der Waals surface area contributed by atoms with Gasteiger partial charge in [-0.2, -0.15) is 0 Å². The molecular weight excluding hydrogens is 260 g/mol. The zero-order valence-electron chi connectivity index (χ0n) is 13.2. The lowest BCUT2D eigenvalue weighted by molar-refractivity contribution is -0.274. The number of hydrogen-bond acceptors (Lipinski definition) is 4. The van der Waals surface area contributed by atoms with Gasteiger partial charge < -0.3 is 13.9 Å². The average molecular weight is 288 g/mol. The maximum absolute atomic E-state index is 11.9. The summed E-state index contributed by atoms with van der Waals surface area (Å²) in [7, 11) is 0.465. The van der Waals surface area contributed by atoms with Crippen LogP contribution in [0.4, 0.5) is 0 Å². The van der Waals surface area contributed by atoms with E-state index in [2.05, 4.69) is 13.5 Å². The molecule has 0 heterocycles. The second-order valence-electron chi connectivity index (χ2n) is 5.17. The SMILES string of the molecule is C=C(C)C(=O)OC(CCCC)(O[SiH3])C(C)(C)OCC. The van der Waals surface area contributed by atoms with Gasteiger partial charge in [0.05, 0.1) is 0 Å². The minimum atomic E-state index is -1.03. The van der Waals surface area contributed by atoms with Crippen LogP contribution in [0, 0.1) is 0 Å². The molecule has 0 aromatic heterocycles. The van der Waals surface area contributed by atoms with E-state index < -0.39 is 17.4 Å². The third-order valence-corrected chi connectivity index (χ3v) is 3.88. The molecule has 0 bridgehead atoms. The van der Waals surface area contributed by atoms with Crippen molar-refractivity contribution < 1.29 is 18.7 Å². The second kappa shape index (κ2) is 7.82. The van der Waals surface area contributed by atoms with E-state index in [1.165, 1.54) is 0 Å². The maximum Gasteiger partial charge on any atom is 0.335 e. The van der Waals surface area contributed by atoms with Crippen LogP contribution >= 0.6 is 0 Å². The van der Waals surface area contributed by atoms with Crippen LogP contribution in [-0.4, -0.2) is 34.5 Å². The summed E-state index contributed by atoms with van der Waals surface area (Å²) < 4.78 is 17.1. The molecule has 1 unspecified atom stereocenters.